The summed E-state index contributed by atoms with van der Waals surface area (Å²) >= 11 is 0. The number of ether oxygens (including phenoxy) is 1. The molecule has 0 saturated heterocycles. The number of likely N-dealkylation sites (N-methyl/N-ethyl adjacent to an activating group) is 1. The number of hydrogen-bond acceptors (Lipinski definition) is 4. The number of aromatic nitrogens is 1. The van der Waals surface area contributed by atoms with Gasteiger partial charge in [0.15, 0.2) is 5.96 Å². The predicted molar refractivity (Wildman–Crippen MR) is 111 cm³/mol. The van der Waals surface area contributed by atoms with Crippen LogP contribution < -0.4 is 15.4 Å². The van der Waals surface area contributed by atoms with E-state index in [1.54, 1.807) is 20.4 Å². The molecule has 1 aromatic heterocycles. The highest BCUT2D eigenvalue weighted by atomic mass is 16.5. The van der Waals surface area contributed by atoms with Crippen molar-refractivity contribution in [2.45, 2.75) is 26.4 Å². The van der Waals surface area contributed by atoms with Gasteiger partial charge in [-0.3, -0.25) is 14.9 Å². The third kappa shape index (κ3) is 6.25. The lowest BCUT2D eigenvalue weighted by molar-refractivity contribution is 0.218. The Kier molecular flexibility index (Phi) is 8.58. The van der Waals surface area contributed by atoms with Crippen LogP contribution in [0.1, 0.15) is 31.1 Å². The Labute approximate surface area is 162 Å². The Bertz CT molecular complexity index is 701. The Balaban J connectivity index is 2.05. The first-order valence-electron chi connectivity index (χ1n) is 9.44. The van der Waals surface area contributed by atoms with E-state index in [0.717, 1.165) is 37.0 Å². The van der Waals surface area contributed by atoms with E-state index in [1.165, 1.54) is 5.56 Å². The molecule has 0 saturated carbocycles. The van der Waals surface area contributed by atoms with E-state index in [1.807, 2.05) is 30.3 Å². The monoisotopic (exact) mass is 369 g/mol. The molecule has 0 radical (unpaired) electrons. The van der Waals surface area contributed by atoms with Crippen LogP contribution in [-0.2, 0) is 6.54 Å². The van der Waals surface area contributed by atoms with Crippen molar-refractivity contribution < 1.29 is 4.74 Å². The lowest BCUT2D eigenvalue weighted by Gasteiger charge is -2.31. The molecule has 6 nitrogen and oxygen atoms in total. The van der Waals surface area contributed by atoms with E-state index in [0.29, 0.717) is 6.54 Å². The molecule has 0 fully saturated rings. The molecule has 0 aliphatic heterocycles. The normalized spacial score (nSPS) is 12.7. The first-order valence-corrected chi connectivity index (χ1v) is 9.44. The van der Waals surface area contributed by atoms with Crippen LogP contribution in [0.2, 0.25) is 0 Å². The number of nitrogens with one attached hydrogen (secondary N) is 2. The molecule has 1 heterocycles. The molecular weight excluding hydrogens is 338 g/mol. The quantitative estimate of drug-likeness (QED) is 0.526. The zero-order valence-electron chi connectivity index (χ0n) is 16.8. The summed E-state index contributed by atoms with van der Waals surface area (Å²) in [5.41, 5.74) is 2.21. The van der Waals surface area contributed by atoms with Crippen molar-refractivity contribution in [3.8, 4) is 5.75 Å². The molecule has 1 aromatic carbocycles. The van der Waals surface area contributed by atoms with E-state index in [-0.39, 0.29) is 6.04 Å². The second-order valence-corrected chi connectivity index (χ2v) is 6.14. The topological polar surface area (TPSA) is 61.8 Å². The number of guanidine groups is 1. The van der Waals surface area contributed by atoms with Gasteiger partial charge in [-0.1, -0.05) is 32.0 Å². The fourth-order valence-electron chi connectivity index (χ4n) is 3.06. The van der Waals surface area contributed by atoms with Gasteiger partial charge in [0.1, 0.15) is 5.75 Å². The summed E-state index contributed by atoms with van der Waals surface area (Å²) in [6, 6.07) is 14.4. The van der Waals surface area contributed by atoms with Crippen LogP contribution in [0.4, 0.5) is 0 Å². The summed E-state index contributed by atoms with van der Waals surface area (Å²) in [5.74, 6) is 1.64. The Morgan fingerprint density at radius 2 is 1.96 bits per heavy atom. The molecule has 2 rings (SSSR count). The van der Waals surface area contributed by atoms with Gasteiger partial charge in [0.2, 0.25) is 0 Å². The molecule has 2 N–H and O–H groups in total. The molecule has 0 bridgehead atoms. The first-order chi connectivity index (χ1) is 13.2. The minimum atomic E-state index is 0.225. The number of benzene rings is 1. The van der Waals surface area contributed by atoms with Crippen molar-refractivity contribution >= 4 is 5.96 Å². The van der Waals surface area contributed by atoms with Crippen molar-refractivity contribution in [1.82, 2.24) is 20.5 Å². The molecule has 0 aliphatic carbocycles. The smallest absolute Gasteiger partial charge is 0.191 e. The summed E-state index contributed by atoms with van der Waals surface area (Å²) in [5, 5.41) is 6.78. The van der Waals surface area contributed by atoms with E-state index >= 15 is 0 Å². The molecule has 2 aromatic rings. The highest BCUT2D eigenvalue weighted by Gasteiger charge is 2.19. The number of pyridine rings is 1. The number of methoxy groups -OCH3 is 1. The maximum atomic E-state index is 5.40. The Hall–Kier alpha value is -2.60. The SMILES string of the molecule is CCN(CC)C(CNC(=NC)NCc1ccccn1)c1cccc(OC)c1. The Morgan fingerprint density at radius 1 is 1.15 bits per heavy atom. The van der Waals surface area contributed by atoms with Crippen LogP contribution >= 0.6 is 0 Å². The minimum Gasteiger partial charge on any atom is -0.497 e. The second-order valence-electron chi connectivity index (χ2n) is 6.14. The number of rotatable bonds is 9. The largest absolute Gasteiger partial charge is 0.497 e. The lowest BCUT2D eigenvalue weighted by atomic mass is 10.0. The van der Waals surface area contributed by atoms with Gasteiger partial charge < -0.3 is 15.4 Å². The van der Waals surface area contributed by atoms with Gasteiger partial charge in [-0.25, -0.2) is 0 Å². The van der Waals surface area contributed by atoms with E-state index in [9.17, 15) is 0 Å². The van der Waals surface area contributed by atoms with Gasteiger partial charge in [-0.15, -0.1) is 0 Å². The predicted octanol–water partition coefficient (Wildman–Crippen LogP) is 2.84. The zero-order valence-corrected chi connectivity index (χ0v) is 16.8. The number of hydrogen-bond donors (Lipinski definition) is 2. The van der Waals surface area contributed by atoms with Crippen molar-refractivity contribution in [2.75, 3.05) is 33.8 Å². The van der Waals surface area contributed by atoms with Crippen molar-refractivity contribution in [2.24, 2.45) is 4.99 Å². The van der Waals surface area contributed by atoms with Crippen molar-refractivity contribution in [1.29, 1.82) is 0 Å². The maximum Gasteiger partial charge on any atom is 0.191 e. The fraction of sp³-hybridized carbons (Fsp3) is 0.429. The molecule has 146 valence electrons. The van der Waals surface area contributed by atoms with Gasteiger partial charge in [0, 0.05) is 19.8 Å². The molecule has 0 spiro atoms. The Morgan fingerprint density at radius 3 is 2.59 bits per heavy atom. The maximum absolute atomic E-state index is 5.40. The van der Waals surface area contributed by atoms with Crippen LogP contribution in [0.5, 0.6) is 5.75 Å². The van der Waals surface area contributed by atoms with E-state index < -0.39 is 0 Å². The molecule has 6 heteroatoms. The third-order valence-corrected chi connectivity index (χ3v) is 4.58. The zero-order chi connectivity index (χ0) is 19.5. The molecular formula is C21H31N5O. The highest BCUT2D eigenvalue weighted by Crippen LogP contribution is 2.23. The third-order valence-electron chi connectivity index (χ3n) is 4.58. The van der Waals surface area contributed by atoms with Gasteiger partial charge in [-0.2, -0.15) is 0 Å². The number of aliphatic imine (C=N–C) groups is 1. The summed E-state index contributed by atoms with van der Waals surface area (Å²) in [6.07, 6.45) is 1.80. The van der Waals surface area contributed by atoms with Crippen molar-refractivity contribution in [3.63, 3.8) is 0 Å². The summed E-state index contributed by atoms with van der Waals surface area (Å²) in [6.45, 7) is 7.70. The fourth-order valence-corrected chi connectivity index (χ4v) is 3.06. The first kappa shape index (κ1) is 20.7. The van der Waals surface area contributed by atoms with Crippen LogP contribution in [0.25, 0.3) is 0 Å². The molecule has 0 aliphatic rings. The highest BCUT2D eigenvalue weighted by molar-refractivity contribution is 5.79. The number of nitrogens with zero attached hydrogens (tertiary/aromatic N) is 3. The van der Waals surface area contributed by atoms with Crippen LogP contribution in [0, 0.1) is 0 Å². The van der Waals surface area contributed by atoms with Gasteiger partial charge in [0.25, 0.3) is 0 Å². The molecule has 0 amide bonds. The van der Waals surface area contributed by atoms with Gasteiger partial charge in [0.05, 0.1) is 25.4 Å². The van der Waals surface area contributed by atoms with Crippen LogP contribution in [0.3, 0.4) is 0 Å². The van der Waals surface area contributed by atoms with Crippen LogP contribution in [0.15, 0.2) is 53.7 Å². The standard InChI is InChI=1S/C21H31N5O/c1-5-26(6-2)20(17-10-9-12-19(14-17)27-4)16-25-21(22-3)24-15-18-11-7-8-13-23-18/h7-14,20H,5-6,15-16H2,1-4H3,(H2,22,24,25). The second kappa shape index (κ2) is 11.2. The van der Waals surface area contributed by atoms with Gasteiger partial charge in [-0.05, 0) is 42.9 Å². The lowest BCUT2D eigenvalue weighted by Crippen LogP contribution is -2.43. The average Bonchev–Trinajstić information content (AvgIpc) is 2.73. The van der Waals surface area contributed by atoms with Crippen LogP contribution in [-0.4, -0.2) is 49.6 Å². The molecule has 27 heavy (non-hydrogen) atoms. The summed E-state index contributed by atoms with van der Waals surface area (Å²) < 4.78 is 5.40. The van der Waals surface area contributed by atoms with E-state index in [2.05, 4.69) is 51.5 Å². The molecule has 1 unspecified atom stereocenters. The minimum absolute atomic E-state index is 0.225. The van der Waals surface area contributed by atoms with Gasteiger partial charge >= 0.3 is 0 Å². The molecule has 1 atom stereocenters. The summed E-state index contributed by atoms with van der Waals surface area (Å²) in [4.78, 5) is 11.1. The summed E-state index contributed by atoms with van der Waals surface area (Å²) in [7, 11) is 3.49. The van der Waals surface area contributed by atoms with E-state index in [4.69, 9.17) is 4.74 Å². The average molecular weight is 370 g/mol. The van der Waals surface area contributed by atoms with Crippen molar-refractivity contribution in [3.05, 3.63) is 59.9 Å².